The van der Waals surface area contributed by atoms with Gasteiger partial charge in [-0.15, -0.1) is 0 Å². The molecule has 0 aliphatic carbocycles. The van der Waals surface area contributed by atoms with Crippen LogP contribution in [0.1, 0.15) is 0 Å². The van der Waals surface area contributed by atoms with E-state index in [1.165, 1.54) is 14.2 Å². The number of ether oxygens (including phenoxy) is 3. The quantitative estimate of drug-likeness (QED) is 0.358. The smallest absolute Gasteiger partial charge is 0.348 e. The number of hydrogen-bond donors (Lipinski definition) is 0. The minimum Gasteiger partial charge on any atom is -0.485 e. The molecule has 0 aromatic heterocycles. The van der Waals surface area contributed by atoms with Crippen molar-refractivity contribution >= 4 is 11.9 Å². The van der Waals surface area contributed by atoms with E-state index in [1.807, 2.05) is 0 Å². The van der Waals surface area contributed by atoms with Gasteiger partial charge in [-0.05, 0) is 14.1 Å². The van der Waals surface area contributed by atoms with Gasteiger partial charge < -0.3 is 19.1 Å². The van der Waals surface area contributed by atoms with Crippen molar-refractivity contribution in [1.82, 2.24) is 4.90 Å². The largest absolute Gasteiger partial charge is 0.485 e. The Hall–Kier alpha value is -1.56. The molecular weight excluding hydrogens is 214 g/mol. The lowest BCUT2D eigenvalue weighted by atomic mass is 10.3. The molecule has 16 heavy (non-hydrogen) atoms. The van der Waals surface area contributed by atoms with Gasteiger partial charge in [-0.3, -0.25) is 0 Å². The highest BCUT2D eigenvalue weighted by atomic mass is 16.6. The number of esters is 2. The van der Waals surface area contributed by atoms with Crippen LogP contribution in [0, 0.1) is 0 Å². The molecule has 0 saturated heterocycles. The van der Waals surface area contributed by atoms with Crippen LogP contribution in [0.3, 0.4) is 0 Å². The van der Waals surface area contributed by atoms with Crippen LogP contribution in [0.25, 0.3) is 0 Å². The zero-order chi connectivity index (χ0) is 12.6. The van der Waals surface area contributed by atoms with E-state index in [9.17, 15) is 9.59 Å². The lowest BCUT2D eigenvalue weighted by molar-refractivity contribution is -0.151. The van der Waals surface area contributed by atoms with Gasteiger partial charge in [0.2, 0.25) is 6.10 Å². The molecule has 0 aliphatic heterocycles. The van der Waals surface area contributed by atoms with Crippen LogP contribution < -0.4 is 0 Å². The summed E-state index contributed by atoms with van der Waals surface area (Å²) in [5.41, 5.74) is 0. The van der Waals surface area contributed by atoms with E-state index in [0.29, 0.717) is 6.54 Å². The molecule has 0 aromatic rings. The van der Waals surface area contributed by atoms with Crippen LogP contribution in [0.2, 0.25) is 0 Å². The number of rotatable bonds is 6. The van der Waals surface area contributed by atoms with Gasteiger partial charge in [0.1, 0.15) is 0 Å². The van der Waals surface area contributed by atoms with Crippen LogP contribution >= 0.6 is 0 Å². The maximum absolute atomic E-state index is 11.3. The molecule has 6 heteroatoms. The molecule has 0 fully saturated rings. The second-order valence-corrected chi connectivity index (χ2v) is 3.24. The van der Waals surface area contributed by atoms with Gasteiger partial charge >= 0.3 is 11.9 Å². The molecule has 0 N–H and O–H groups in total. The number of likely N-dealkylation sites (N-methyl/N-ethyl adjacent to an activating group) is 1. The standard InChI is InChI=1S/C10H17NO5/c1-11(2)7-8(10(13)15-4)16-6-5-9(12)14-3/h5-6,8H,7H2,1-4H3/b6-5+/t8-/m0/s1. The van der Waals surface area contributed by atoms with Gasteiger partial charge in [-0.2, -0.15) is 0 Å². The molecule has 0 radical (unpaired) electrons. The predicted octanol–water partition coefficient (Wildman–Crippen LogP) is -0.207. The van der Waals surface area contributed by atoms with Crippen molar-refractivity contribution in [2.75, 3.05) is 34.9 Å². The number of carbonyl (C=O) groups excluding carboxylic acids is 2. The summed E-state index contributed by atoms with van der Waals surface area (Å²) < 4.78 is 14.0. The van der Waals surface area contributed by atoms with Gasteiger partial charge in [0.05, 0.1) is 26.6 Å². The zero-order valence-electron chi connectivity index (χ0n) is 9.93. The van der Waals surface area contributed by atoms with Gasteiger partial charge in [0.15, 0.2) is 0 Å². The van der Waals surface area contributed by atoms with Crippen LogP contribution in [0.15, 0.2) is 12.3 Å². The summed E-state index contributed by atoms with van der Waals surface area (Å²) in [5, 5.41) is 0. The van der Waals surface area contributed by atoms with E-state index in [0.717, 1.165) is 12.3 Å². The topological polar surface area (TPSA) is 65.1 Å². The molecule has 6 nitrogen and oxygen atoms in total. The minimum absolute atomic E-state index is 0.359. The Morgan fingerprint density at radius 1 is 1.25 bits per heavy atom. The molecule has 92 valence electrons. The molecule has 0 bridgehead atoms. The van der Waals surface area contributed by atoms with E-state index in [2.05, 4.69) is 9.47 Å². The maximum Gasteiger partial charge on any atom is 0.348 e. The van der Waals surface area contributed by atoms with Crippen LogP contribution in [0.4, 0.5) is 0 Å². The van der Waals surface area contributed by atoms with E-state index in [1.54, 1.807) is 19.0 Å². The molecule has 0 aromatic carbocycles. The first-order valence-electron chi connectivity index (χ1n) is 4.63. The monoisotopic (exact) mass is 231 g/mol. The average Bonchev–Trinajstić information content (AvgIpc) is 2.25. The molecule has 0 spiro atoms. The molecule has 1 atom stereocenters. The predicted molar refractivity (Wildman–Crippen MR) is 56.6 cm³/mol. The maximum atomic E-state index is 11.3. The number of methoxy groups -OCH3 is 2. The van der Waals surface area contributed by atoms with Crippen LogP contribution in [-0.2, 0) is 23.8 Å². The summed E-state index contributed by atoms with van der Waals surface area (Å²) in [6.07, 6.45) is 1.45. The Balaban J connectivity index is 4.26. The first-order valence-corrected chi connectivity index (χ1v) is 4.63. The summed E-state index contributed by atoms with van der Waals surface area (Å²) in [6, 6.07) is 0. The van der Waals surface area contributed by atoms with Crippen molar-refractivity contribution < 1.29 is 23.8 Å². The Morgan fingerprint density at radius 3 is 2.31 bits per heavy atom. The molecular formula is C10H17NO5. The number of hydrogen-bond acceptors (Lipinski definition) is 6. The second-order valence-electron chi connectivity index (χ2n) is 3.24. The molecule has 0 saturated carbocycles. The molecule has 0 amide bonds. The van der Waals surface area contributed by atoms with Crippen molar-refractivity contribution in [3.8, 4) is 0 Å². The molecule has 0 aliphatic rings. The SMILES string of the molecule is COC(=O)/C=C/O[C@@H](CN(C)C)C(=O)OC. The summed E-state index contributed by atoms with van der Waals surface area (Å²) in [7, 11) is 6.12. The van der Waals surface area contributed by atoms with Gasteiger partial charge in [-0.25, -0.2) is 9.59 Å². The summed E-state index contributed by atoms with van der Waals surface area (Å²) in [6.45, 7) is 0.359. The number of carbonyl (C=O) groups is 2. The third kappa shape index (κ3) is 6.02. The molecule has 0 rings (SSSR count). The molecule has 0 heterocycles. The normalized spacial score (nSPS) is 12.6. The van der Waals surface area contributed by atoms with Crippen molar-refractivity contribution in [2.24, 2.45) is 0 Å². The van der Waals surface area contributed by atoms with Gasteiger partial charge in [0.25, 0.3) is 0 Å². The lowest BCUT2D eigenvalue weighted by Gasteiger charge is -2.18. The Labute approximate surface area is 94.8 Å². The van der Waals surface area contributed by atoms with E-state index < -0.39 is 18.0 Å². The van der Waals surface area contributed by atoms with Gasteiger partial charge in [0, 0.05) is 6.54 Å². The Morgan fingerprint density at radius 2 is 1.88 bits per heavy atom. The van der Waals surface area contributed by atoms with E-state index >= 15 is 0 Å². The highest BCUT2D eigenvalue weighted by molar-refractivity contribution is 5.81. The first-order chi connectivity index (χ1) is 7.51. The first kappa shape index (κ1) is 14.4. The number of nitrogens with zero attached hydrogens (tertiary/aromatic N) is 1. The van der Waals surface area contributed by atoms with E-state index in [4.69, 9.17) is 4.74 Å². The third-order valence-electron chi connectivity index (χ3n) is 1.64. The van der Waals surface area contributed by atoms with Crippen molar-refractivity contribution in [1.29, 1.82) is 0 Å². The van der Waals surface area contributed by atoms with Crippen LogP contribution in [0.5, 0.6) is 0 Å². The minimum atomic E-state index is -0.763. The van der Waals surface area contributed by atoms with Crippen molar-refractivity contribution in [3.05, 3.63) is 12.3 Å². The summed E-state index contributed by atoms with van der Waals surface area (Å²) in [5.74, 6) is -1.04. The van der Waals surface area contributed by atoms with Crippen molar-refractivity contribution in [2.45, 2.75) is 6.10 Å². The Bertz CT molecular complexity index is 262. The van der Waals surface area contributed by atoms with Crippen LogP contribution in [-0.4, -0.2) is 57.8 Å². The zero-order valence-corrected chi connectivity index (χ0v) is 9.93. The third-order valence-corrected chi connectivity index (χ3v) is 1.64. The van der Waals surface area contributed by atoms with Gasteiger partial charge in [-0.1, -0.05) is 0 Å². The summed E-state index contributed by atoms with van der Waals surface area (Å²) in [4.78, 5) is 23.8. The highest BCUT2D eigenvalue weighted by Crippen LogP contribution is 1.98. The fourth-order valence-electron chi connectivity index (χ4n) is 0.894. The molecule has 0 unspecified atom stereocenters. The lowest BCUT2D eigenvalue weighted by Crippen LogP contribution is -2.34. The Kier molecular flexibility index (Phi) is 6.95. The van der Waals surface area contributed by atoms with E-state index in [-0.39, 0.29) is 0 Å². The average molecular weight is 231 g/mol. The second kappa shape index (κ2) is 7.70. The highest BCUT2D eigenvalue weighted by Gasteiger charge is 2.20. The fourth-order valence-corrected chi connectivity index (χ4v) is 0.894. The van der Waals surface area contributed by atoms with Crippen molar-refractivity contribution in [3.63, 3.8) is 0 Å². The fraction of sp³-hybridized carbons (Fsp3) is 0.600. The summed E-state index contributed by atoms with van der Waals surface area (Å²) >= 11 is 0.